The van der Waals surface area contributed by atoms with Crippen molar-refractivity contribution in [2.24, 2.45) is 0 Å². The third-order valence-corrected chi connectivity index (χ3v) is 3.79. The summed E-state index contributed by atoms with van der Waals surface area (Å²) in [6.45, 7) is 5.58. The summed E-state index contributed by atoms with van der Waals surface area (Å²) in [7, 11) is 0. The second-order valence-corrected chi connectivity index (χ2v) is 5.29. The van der Waals surface area contributed by atoms with Crippen LogP contribution in [0.1, 0.15) is 58.2 Å². The Hall–Kier alpha value is -1.31. The highest BCUT2D eigenvalue weighted by Crippen LogP contribution is 2.17. The SMILES string of the molecule is CCCCCCCCn1c(CC)nc2ccccc21. The fourth-order valence-electron chi connectivity index (χ4n) is 2.70. The molecule has 2 heteroatoms. The van der Waals surface area contributed by atoms with Gasteiger partial charge in [-0.25, -0.2) is 4.98 Å². The molecule has 2 rings (SSSR count). The predicted molar refractivity (Wildman–Crippen MR) is 82.5 cm³/mol. The van der Waals surface area contributed by atoms with Gasteiger partial charge in [-0.15, -0.1) is 0 Å². The molecule has 0 atom stereocenters. The van der Waals surface area contributed by atoms with Crippen molar-refractivity contribution in [1.82, 2.24) is 9.55 Å². The number of nitrogens with zero attached hydrogens (tertiary/aromatic N) is 2. The van der Waals surface area contributed by atoms with Crippen LogP contribution in [0.5, 0.6) is 0 Å². The fourth-order valence-corrected chi connectivity index (χ4v) is 2.70. The van der Waals surface area contributed by atoms with E-state index in [4.69, 9.17) is 4.98 Å². The van der Waals surface area contributed by atoms with Gasteiger partial charge < -0.3 is 4.57 Å². The van der Waals surface area contributed by atoms with Crippen molar-refractivity contribution in [2.45, 2.75) is 65.3 Å². The van der Waals surface area contributed by atoms with Crippen LogP contribution in [0.4, 0.5) is 0 Å². The number of benzene rings is 1. The quantitative estimate of drug-likeness (QED) is 0.612. The number of imidazole rings is 1. The molecular formula is C17H26N2. The Morgan fingerprint density at radius 3 is 2.47 bits per heavy atom. The third kappa shape index (κ3) is 3.59. The minimum absolute atomic E-state index is 1.02. The van der Waals surface area contributed by atoms with E-state index < -0.39 is 0 Å². The molecule has 0 spiro atoms. The Morgan fingerprint density at radius 1 is 0.947 bits per heavy atom. The lowest BCUT2D eigenvalue weighted by atomic mass is 10.1. The van der Waals surface area contributed by atoms with Crippen LogP contribution < -0.4 is 0 Å². The molecule has 19 heavy (non-hydrogen) atoms. The molecule has 0 fully saturated rings. The molecule has 0 aliphatic carbocycles. The first-order valence-electron chi connectivity index (χ1n) is 7.81. The highest BCUT2D eigenvalue weighted by atomic mass is 15.1. The maximum Gasteiger partial charge on any atom is 0.109 e. The van der Waals surface area contributed by atoms with Crippen LogP contribution in [-0.4, -0.2) is 9.55 Å². The van der Waals surface area contributed by atoms with Gasteiger partial charge in [-0.2, -0.15) is 0 Å². The maximum atomic E-state index is 4.72. The normalized spacial score (nSPS) is 11.3. The van der Waals surface area contributed by atoms with Gasteiger partial charge in [-0.1, -0.05) is 58.1 Å². The fraction of sp³-hybridized carbons (Fsp3) is 0.588. The molecule has 2 aromatic rings. The second kappa shape index (κ2) is 7.32. The van der Waals surface area contributed by atoms with E-state index in [1.165, 1.54) is 49.9 Å². The lowest BCUT2D eigenvalue weighted by Crippen LogP contribution is -2.03. The lowest BCUT2D eigenvalue weighted by molar-refractivity contribution is 0.554. The number of rotatable bonds is 8. The Morgan fingerprint density at radius 2 is 1.68 bits per heavy atom. The van der Waals surface area contributed by atoms with Crippen LogP contribution in [0.2, 0.25) is 0 Å². The van der Waals surface area contributed by atoms with E-state index >= 15 is 0 Å². The summed E-state index contributed by atoms with van der Waals surface area (Å²) in [5, 5.41) is 0. The zero-order valence-corrected chi connectivity index (χ0v) is 12.4. The van der Waals surface area contributed by atoms with Gasteiger partial charge in [0, 0.05) is 13.0 Å². The molecule has 1 aromatic heterocycles. The first-order chi connectivity index (χ1) is 9.36. The van der Waals surface area contributed by atoms with Crippen LogP contribution in [0.25, 0.3) is 11.0 Å². The Balaban J connectivity index is 1.95. The average molecular weight is 258 g/mol. The number of aromatic nitrogens is 2. The van der Waals surface area contributed by atoms with Gasteiger partial charge in [-0.05, 0) is 18.6 Å². The summed E-state index contributed by atoms with van der Waals surface area (Å²) >= 11 is 0. The number of fused-ring (bicyclic) bond motifs is 1. The zero-order valence-electron chi connectivity index (χ0n) is 12.4. The van der Waals surface area contributed by atoms with E-state index in [0.717, 1.165) is 18.5 Å². The van der Waals surface area contributed by atoms with E-state index in [-0.39, 0.29) is 0 Å². The molecule has 0 radical (unpaired) electrons. The van der Waals surface area contributed by atoms with Crippen LogP contribution in [0, 0.1) is 0 Å². The molecule has 2 nitrogen and oxygen atoms in total. The highest BCUT2D eigenvalue weighted by molar-refractivity contribution is 5.75. The number of hydrogen-bond donors (Lipinski definition) is 0. The van der Waals surface area contributed by atoms with Gasteiger partial charge in [0.15, 0.2) is 0 Å². The monoisotopic (exact) mass is 258 g/mol. The summed E-state index contributed by atoms with van der Waals surface area (Å²) in [6.07, 6.45) is 9.11. The topological polar surface area (TPSA) is 17.8 Å². The molecule has 0 saturated carbocycles. The molecule has 0 unspecified atom stereocenters. The summed E-state index contributed by atoms with van der Waals surface area (Å²) in [6, 6.07) is 8.50. The van der Waals surface area contributed by atoms with Crippen LogP contribution in [0.3, 0.4) is 0 Å². The Bertz CT molecular complexity index is 499. The summed E-state index contributed by atoms with van der Waals surface area (Å²) in [5.74, 6) is 1.23. The van der Waals surface area contributed by atoms with Crippen molar-refractivity contribution in [3.8, 4) is 0 Å². The first-order valence-corrected chi connectivity index (χ1v) is 7.81. The maximum absolute atomic E-state index is 4.72. The highest BCUT2D eigenvalue weighted by Gasteiger charge is 2.07. The van der Waals surface area contributed by atoms with Crippen molar-refractivity contribution in [3.05, 3.63) is 30.1 Å². The van der Waals surface area contributed by atoms with E-state index in [0.29, 0.717) is 0 Å². The van der Waals surface area contributed by atoms with Gasteiger partial charge in [0.2, 0.25) is 0 Å². The minimum Gasteiger partial charge on any atom is -0.328 e. The number of unbranched alkanes of at least 4 members (excludes halogenated alkanes) is 5. The molecule has 1 aromatic carbocycles. The van der Waals surface area contributed by atoms with Gasteiger partial charge in [0.25, 0.3) is 0 Å². The van der Waals surface area contributed by atoms with Crippen LogP contribution in [-0.2, 0) is 13.0 Å². The lowest BCUT2D eigenvalue weighted by Gasteiger charge is -2.08. The van der Waals surface area contributed by atoms with Crippen molar-refractivity contribution < 1.29 is 0 Å². The summed E-state index contributed by atoms with van der Waals surface area (Å²) in [4.78, 5) is 4.72. The van der Waals surface area contributed by atoms with Crippen molar-refractivity contribution >= 4 is 11.0 Å². The van der Waals surface area contributed by atoms with E-state index in [9.17, 15) is 0 Å². The molecule has 104 valence electrons. The van der Waals surface area contributed by atoms with E-state index in [1.807, 2.05) is 0 Å². The average Bonchev–Trinajstić information content (AvgIpc) is 2.81. The molecule has 0 saturated heterocycles. The van der Waals surface area contributed by atoms with Gasteiger partial charge in [0.1, 0.15) is 5.82 Å². The Labute approximate surface area is 116 Å². The van der Waals surface area contributed by atoms with Gasteiger partial charge in [0.05, 0.1) is 11.0 Å². The number of aryl methyl sites for hydroxylation is 2. The zero-order chi connectivity index (χ0) is 13.5. The van der Waals surface area contributed by atoms with Crippen LogP contribution in [0.15, 0.2) is 24.3 Å². The molecule has 0 N–H and O–H groups in total. The molecule has 0 aliphatic heterocycles. The number of para-hydroxylation sites is 2. The number of hydrogen-bond acceptors (Lipinski definition) is 1. The standard InChI is InChI=1S/C17H26N2/c1-3-5-6-7-8-11-14-19-16-13-10-9-12-15(16)18-17(19)4-2/h9-10,12-13H,3-8,11,14H2,1-2H3. The largest absolute Gasteiger partial charge is 0.328 e. The summed E-state index contributed by atoms with van der Waals surface area (Å²) < 4.78 is 2.41. The molecule has 0 aliphatic rings. The molecule has 1 heterocycles. The van der Waals surface area contributed by atoms with Crippen LogP contribution >= 0.6 is 0 Å². The van der Waals surface area contributed by atoms with E-state index in [1.54, 1.807) is 0 Å². The van der Waals surface area contributed by atoms with Gasteiger partial charge in [-0.3, -0.25) is 0 Å². The van der Waals surface area contributed by atoms with Crippen molar-refractivity contribution in [3.63, 3.8) is 0 Å². The van der Waals surface area contributed by atoms with Gasteiger partial charge >= 0.3 is 0 Å². The molecule has 0 bridgehead atoms. The minimum atomic E-state index is 1.02. The third-order valence-electron chi connectivity index (χ3n) is 3.79. The smallest absolute Gasteiger partial charge is 0.109 e. The first kappa shape index (κ1) is 14.1. The molecule has 0 amide bonds. The molecular weight excluding hydrogens is 232 g/mol. The Kier molecular flexibility index (Phi) is 5.44. The summed E-state index contributed by atoms with van der Waals surface area (Å²) in [5.41, 5.74) is 2.44. The van der Waals surface area contributed by atoms with Crippen molar-refractivity contribution in [1.29, 1.82) is 0 Å². The van der Waals surface area contributed by atoms with Crippen molar-refractivity contribution in [2.75, 3.05) is 0 Å². The second-order valence-electron chi connectivity index (χ2n) is 5.29. The predicted octanol–water partition coefficient (Wildman–Crippen LogP) is 4.96. The van der Waals surface area contributed by atoms with E-state index in [2.05, 4.69) is 42.7 Å².